The van der Waals surface area contributed by atoms with Crippen molar-refractivity contribution in [2.45, 2.75) is 6.10 Å². The van der Waals surface area contributed by atoms with Crippen LogP contribution in [-0.4, -0.2) is 22.1 Å². The van der Waals surface area contributed by atoms with E-state index in [-0.39, 0.29) is 18.0 Å². The smallest absolute Gasteiger partial charge is 0.244 e. The average Bonchev–Trinajstić information content (AvgIpc) is 2.95. The molecule has 1 heterocycles. The number of fused-ring (bicyclic) bond motifs is 1. The minimum absolute atomic E-state index is 0.0559. The number of benzene rings is 2. The fourth-order valence-electron chi connectivity index (χ4n) is 2.78. The van der Waals surface area contributed by atoms with Crippen molar-refractivity contribution in [3.8, 4) is 0 Å². The van der Waals surface area contributed by atoms with Gasteiger partial charge in [-0.1, -0.05) is 36.4 Å². The quantitative estimate of drug-likeness (QED) is 0.702. The molecular formula is C20H19FN2O2. The number of aliphatic hydroxyl groups excluding tert-OH is 1. The number of carbonyl (C=O) groups is 1. The molecule has 5 heteroatoms. The zero-order valence-corrected chi connectivity index (χ0v) is 13.8. The number of aliphatic hydroxyl groups is 1. The van der Waals surface area contributed by atoms with Crippen molar-refractivity contribution in [1.82, 2.24) is 9.88 Å². The number of aromatic nitrogens is 1. The number of carbonyl (C=O) groups excluding carboxylic acids is 1. The van der Waals surface area contributed by atoms with E-state index in [9.17, 15) is 14.3 Å². The van der Waals surface area contributed by atoms with Crippen molar-refractivity contribution in [3.05, 3.63) is 77.7 Å². The minimum atomic E-state index is -1.09. The van der Waals surface area contributed by atoms with Gasteiger partial charge in [0, 0.05) is 47.9 Å². The van der Waals surface area contributed by atoms with E-state index in [1.54, 1.807) is 18.2 Å². The lowest BCUT2D eigenvalue weighted by molar-refractivity contribution is -0.116. The van der Waals surface area contributed by atoms with Crippen molar-refractivity contribution in [3.63, 3.8) is 0 Å². The molecule has 25 heavy (non-hydrogen) atoms. The highest BCUT2D eigenvalue weighted by atomic mass is 19.1. The van der Waals surface area contributed by atoms with Crippen LogP contribution in [-0.2, 0) is 11.8 Å². The second-order valence-electron chi connectivity index (χ2n) is 5.83. The van der Waals surface area contributed by atoms with E-state index in [0.717, 1.165) is 16.5 Å². The van der Waals surface area contributed by atoms with Gasteiger partial charge in [0.2, 0.25) is 5.91 Å². The van der Waals surface area contributed by atoms with Gasteiger partial charge in [0.25, 0.3) is 0 Å². The molecule has 0 spiro atoms. The number of hydrogen-bond donors (Lipinski definition) is 2. The van der Waals surface area contributed by atoms with Crippen molar-refractivity contribution < 1.29 is 14.3 Å². The van der Waals surface area contributed by atoms with Gasteiger partial charge >= 0.3 is 0 Å². The summed E-state index contributed by atoms with van der Waals surface area (Å²) < 4.78 is 15.6. The number of amides is 1. The molecule has 0 fully saturated rings. The fraction of sp³-hybridized carbons (Fsp3) is 0.150. The van der Waals surface area contributed by atoms with Gasteiger partial charge in [-0.05, 0) is 18.2 Å². The molecule has 1 amide bonds. The lowest BCUT2D eigenvalue weighted by Crippen LogP contribution is -2.27. The molecule has 0 saturated heterocycles. The summed E-state index contributed by atoms with van der Waals surface area (Å²) >= 11 is 0. The van der Waals surface area contributed by atoms with Crippen LogP contribution in [0.2, 0.25) is 0 Å². The first kappa shape index (κ1) is 16.9. The third-order valence-corrected chi connectivity index (χ3v) is 4.08. The summed E-state index contributed by atoms with van der Waals surface area (Å²) in [7, 11) is 1.95. The van der Waals surface area contributed by atoms with Crippen LogP contribution in [0, 0.1) is 5.82 Å². The predicted octanol–water partition coefficient (Wildman–Crippen LogP) is 3.18. The highest BCUT2D eigenvalue weighted by Gasteiger charge is 2.12. The molecule has 2 N–H and O–H groups in total. The Morgan fingerprint density at radius 1 is 1.24 bits per heavy atom. The second kappa shape index (κ2) is 7.32. The van der Waals surface area contributed by atoms with Crippen LogP contribution in [0.1, 0.15) is 17.2 Å². The SMILES string of the molecule is Cn1cc(/C=C/C(=O)NCC(O)c2ccccc2F)c2ccccc21. The zero-order chi connectivity index (χ0) is 17.8. The molecule has 0 saturated carbocycles. The summed E-state index contributed by atoms with van der Waals surface area (Å²) in [6.07, 6.45) is 4.00. The summed E-state index contributed by atoms with van der Waals surface area (Å²) in [4.78, 5) is 12.0. The number of rotatable bonds is 5. The maximum absolute atomic E-state index is 13.6. The number of halogens is 1. The van der Waals surface area contributed by atoms with Crippen LogP contribution >= 0.6 is 0 Å². The van der Waals surface area contributed by atoms with Gasteiger partial charge in [0.15, 0.2) is 0 Å². The molecule has 1 aromatic heterocycles. The average molecular weight is 338 g/mol. The van der Waals surface area contributed by atoms with Crippen molar-refractivity contribution >= 4 is 22.9 Å². The first-order chi connectivity index (χ1) is 12.1. The molecule has 1 atom stereocenters. The highest BCUT2D eigenvalue weighted by Crippen LogP contribution is 2.21. The Morgan fingerprint density at radius 2 is 1.96 bits per heavy atom. The van der Waals surface area contributed by atoms with E-state index >= 15 is 0 Å². The maximum atomic E-state index is 13.6. The van der Waals surface area contributed by atoms with Crippen LogP contribution in [0.3, 0.4) is 0 Å². The monoisotopic (exact) mass is 338 g/mol. The summed E-state index contributed by atoms with van der Waals surface area (Å²) in [5.41, 5.74) is 2.18. The minimum Gasteiger partial charge on any atom is -0.386 e. The lowest BCUT2D eigenvalue weighted by Gasteiger charge is -2.11. The summed E-state index contributed by atoms with van der Waals surface area (Å²) in [5.74, 6) is -0.834. The van der Waals surface area contributed by atoms with Crippen molar-refractivity contribution in [2.75, 3.05) is 6.54 Å². The topological polar surface area (TPSA) is 54.3 Å². The molecular weight excluding hydrogens is 319 g/mol. The Kier molecular flexibility index (Phi) is 4.95. The number of hydrogen-bond acceptors (Lipinski definition) is 2. The zero-order valence-electron chi connectivity index (χ0n) is 13.8. The summed E-state index contributed by atoms with van der Waals surface area (Å²) in [6, 6.07) is 13.9. The number of nitrogens with one attached hydrogen (secondary N) is 1. The predicted molar refractivity (Wildman–Crippen MR) is 96.3 cm³/mol. The third kappa shape index (κ3) is 3.78. The van der Waals surface area contributed by atoms with Gasteiger partial charge in [0.05, 0.1) is 6.10 Å². The Morgan fingerprint density at radius 3 is 2.76 bits per heavy atom. The van der Waals surface area contributed by atoms with E-state index in [4.69, 9.17) is 0 Å². The van der Waals surface area contributed by atoms with Crippen molar-refractivity contribution in [1.29, 1.82) is 0 Å². The molecule has 3 rings (SSSR count). The number of para-hydroxylation sites is 1. The largest absolute Gasteiger partial charge is 0.386 e. The first-order valence-corrected chi connectivity index (χ1v) is 7.98. The maximum Gasteiger partial charge on any atom is 0.244 e. The van der Waals surface area contributed by atoms with E-state index in [1.165, 1.54) is 18.2 Å². The normalized spacial score (nSPS) is 12.6. The molecule has 0 aliphatic rings. The number of aryl methyl sites for hydroxylation is 1. The van der Waals surface area contributed by atoms with Crippen LogP contribution in [0.4, 0.5) is 4.39 Å². The molecule has 1 unspecified atom stereocenters. The van der Waals surface area contributed by atoms with Crippen LogP contribution in [0.15, 0.2) is 60.8 Å². The Hall–Kier alpha value is -2.92. The van der Waals surface area contributed by atoms with Crippen LogP contribution in [0.25, 0.3) is 17.0 Å². The Labute approximate surface area is 145 Å². The van der Waals surface area contributed by atoms with Gasteiger partial charge in [-0.2, -0.15) is 0 Å². The Bertz CT molecular complexity index is 930. The van der Waals surface area contributed by atoms with Crippen LogP contribution < -0.4 is 5.32 Å². The van der Waals surface area contributed by atoms with Crippen molar-refractivity contribution in [2.24, 2.45) is 7.05 Å². The van der Waals surface area contributed by atoms with Gasteiger partial charge in [-0.3, -0.25) is 4.79 Å². The fourth-order valence-corrected chi connectivity index (χ4v) is 2.78. The van der Waals surface area contributed by atoms with E-state index in [0.29, 0.717) is 0 Å². The molecule has 0 aliphatic heterocycles. The van der Waals surface area contributed by atoms with E-state index < -0.39 is 11.9 Å². The van der Waals surface area contributed by atoms with Gasteiger partial charge in [0.1, 0.15) is 5.82 Å². The molecule has 128 valence electrons. The summed E-state index contributed by atoms with van der Waals surface area (Å²) in [6.45, 7) is -0.0559. The van der Waals surface area contributed by atoms with E-state index in [2.05, 4.69) is 5.32 Å². The molecule has 2 aromatic carbocycles. The van der Waals surface area contributed by atoms with Gasteiger partial charge < -0.3 is 15.0 Å². The van der Waals surface area contributed by atoms with Gasteiger partial charge in [-0.25, -0.2) is 4.39 Å². The summed E-state index contributed by atoms with van der Waals surface area (Å²) in [5, 5.41) is 13.6. The third-order valence-electron chi connectivity index (χ3n) is 4.08. The van der Waals surface area contributed by atoms with Crippen LogP contribution in [0.5, 0.6) is 0 Å². The standard InChI is InChI=1S/C20H19FN2O2/c1-23-13-14(15-6-3-5-9-18(15)23)10-11-20(25)22-12-19(24)16-7-2-4-8-17(16)21/h2-11,13,19,24H,12H2,1H3,(H,22,25)/b11-10+. The molecule has 0 bridgehead atoms. The lowest BCUT2D eigenvalue weighted by atomic mass is 10.1. The first-order valence-electron chi connectivity index (χ1n) is 7.98. The van der Waals surface area contributed by atoms with E-state index in [1.807, 2.05) is 42.1 Å². The van der Waals surface area contributed by atoms with Gasteiger partial charge in [-0.15, -0.1) is 0 Å². The molecule has 0 aliphatic carbocycles. The molecule has 4 nitrogen and oxygen atoms in total. The number of nitrogens with zero attached hydrogens (tertiary/aromatic N) is 1. The Balaban J connectivity index is 1.64. The second-order valence-corrected chi connectivity index (χ2v) is 5.83. The molecule has 0 radical (unpaired) electrons. The molecule has 3 aromatic rings. The highest BCUT2D eigenvalue weighted by molar-refractivity contribution is 5.96.